The zero-order chi connectivity index (χ0) is 65.8. The highest BCUT2D eigenvalue weighted by Crippen LogP contribution is 2.45. The molecule has 0 unspecified atom stereocenters. The second kappa shape index (κ2) is 20.5. The van der Waals surface area contributed by atoms with Crippen LogP contribution in [0.4, 0.5) is 0 Å². The molecular formula is C88H51B2N5O5Si. The van der Waals surface area contributed by atoms with Crippen LogP contribution < -0.4 is 77.2 Å². The molecule has 18 aromatic rings. The predicted octanol–water partition coefficient (Wildman–Crippen LogP) is 14.4. The van der Waals surface area contributed by atoms with Gasteiger partial charge in [-0.15, -0.1) is 0 Å². The predicted molar refractivity (Wildman–Crippen MR) is 410 cm³/mol. The molecule has 13 heteroatoms. The smallest absolute Gasteiger partial charge is 0.270 e. The van der Waals surface area contributed by atoms with Crippen molar-refractivity contribution in [2.75, 3.05) is 0 Å². The fourth-order valence-electron chi connectivity index (χ4n) is 17.7. The van der Waals surface area contributed by atoms with Crippen molar-refractivity contribution >= 4 is 140 Å². The molecule has 4 aromatic heterocycles. The Morgan fingerprint density at radius 2 is 0.693 bits per heavy atom. The van der Waals surface area contributed by atoms with Gasteiger partial charge in [0, 0.05) is 66.5 Å². The summed E-state index contributed by atoms with van der Waals surface area (Å²) in [5.41, 5.74) is 16.6. The van der Waals surface area contributed by atoms with Crippen molar-refractivity contribution in [2.24, 2.45) is 0 Å². The zero-order valence-corrected chi connectivity index (χ0v) is 54.9. The summed E-state index contributed by atoms with van der Waals surface area (Å²) in [7, 11) is -3.24. The van der Waals surface area contributed by atoms with Crippen LogP contribution in [0.5, 0.6) is 57.8 Å². The van der Waals surface area contributed by atoms with Crippen molar-refractivity contribution in [3.63, 3.8) is 0 Å². The van der Waals surface area contributed by atoms with Crippen LogP contribution in [0.1, 0.15) is 0 Å². The number of ether oxygens (including phenoxy) is 5. The van der Waals surface area contributed by atoms with Crippen molar-refractivity contribution < 1.29 is 23.7 Å². The van der Waals surface area contributed by atoms with E-state index in [0.29, 0.717) is 17.7 Å². The third-order valence-electron chi connectivity index (χ3n) is 21.9. The van der Waals surface area contributed by atoms with Gasteiger partial charge in [-0.1, -0.05) is 212 Å². The summed E-state index contributed by atoms with van der Waals surface area (Å²) in [6, 6.07) is 112. The first-order valence-corrected chi connectivity index (χ1v) is 36.3. The summed E-state index contributed by atoms with van der Waals surface area (Å²) in [5, 5.41) is 12.0. The van der Waals surface area contributed by atoms with Crippen molar-refractivity contribution in [1.82, 2.24) is 23.7 Å². The Kier molecular flexibility index (Phi) is 11.2. The van der Waals surface area contributed by atoms with Gasteiger partial charge in [0.25, 0.3) is 13.4 Å². The van der Waals surface area contributed by atoms with Crippen LogP contribution in [0.15, 0.2) is 309 Å². The quantitative estimate of drug-likeness (QED) is 0.111. The zero-order valence-electron chi connectivity index (χ0n) is 53.9. The molecule has 101 heavy (non-hydrogen) atoms. The van der Waals surface area contributed by atoms with Crippen LogP contribution in [0.25, 0.3) is 93.9 Å². The van der Waals surface area contributed by atoms with E-state index in [1.54, 1.807) is 0 Å². The molecule has 0 saturated carbocycles. The van der Waals surface area contributed by atoms with E-state index in [0.717, 1.165) is 156 Å². The lowest BCUT2D eigenvalue weighted by molar-refractivity contribution is 0.437. The Hall–Kier alpha value is -13.1. The molecule has 468 valence electrons. The van der Waals surface area contributed by atoms with E-state index in [1.807, 2.05) is 36.4 Å². The molecule has 5 aliphatic rings. The maximum absolute atomic E-state index is 6.97. The third kappa shape index (κ3) is 7.61. The topological polar surface area (TPSA) is 86.7 Å². The summed E-state index contributed by atoms with van der Waals surface area (Å²) in [6.07, 6.45) is 0. The van der Waals surface area contributed by atoms with Crippen LogP contribution in [-0.2, 0) is 0 Å². The second-order valence-corrected chi connectivity index (χ2v) is 30.8. The maximum Gasteiger partial charge on any atom is 0.270 e. The van der Waals surface area contributed by atoms with Crippen LogP contribution in [-0.4, -0.2) is 45.2 Å². The molecule has 0 spiro atoms. The van der Waals surface area contributed by atoms with Gasteiger partial charge in [-0.2, -0.15) is 9.97 Å². The minimum Gasteiger partial charge on any atom is -0.458 e. The van der Waals surface area contributed by atoms with Crippen LogP contribution in [0, 0.1) is 0 Å². The highest BCUT2D eigenvalue weighted by Gasteiger charge is 2.48. The molecule has 0 atom stereocenters. The fraction of sp³-hybridized carbons (Fsp3) is 0. The van der Waals surface area contributed by atoms with Gasteiger partial charge in [0.2, 0.25) is 17.7 Å². The number of benzene rings is 14. The molecule has 0 N–H and O–H groups in total. The van der Waals surface area contributed by atoms with Gasteiger partial charge in [-0.25, -0.2) is 0 Å². The minimum absolute atomic E-state index is 0.0808. The molecule has 0 amide bonds. The van der Waals surface area contributed by atoms with Gasteiger partial charge in [-0.3, -0.25) is 4.57 Å². The molecule has 9 heterocycles. The largest absolute Gasteiger partial charge is 0.458 e. The summed E-state index contributed by atoms with van der Waals surface area (Å²) < 4.78 is 41.1. The average Bonchev–Trinajstić information content (AvgIpc) is 1.68. The van der Waals surface area contributed by atoms with Gasteiger partial charge >= 0.3 is 0 Å². The molecule has 10 nitrogen and oxygen atoms in total. The molecular weight excluding hydrogens is 1260 g/mol. The van der Waals surface area contributed by atoms with Gasteiger partial charge in [0.15, 0.2) is 8.07 Å². The number of nitrogens with zero attached hydrogens (tertiary/aromatic N) is 5. The molecule has 23 rings (SSSR count). The first-order chi connectivity index (χ1) is 50.1. The Bertz CT molecular complexity index is 6500. The highest BCUT2D eigenvalue weighted by molar-refractivity contribution is 7.20. The first kappa shape index (κ1) is 55.0. The SMILES string of the molecule is c1ccc([Si](c2ccccc2)(c2cccc(-n3c4ccccc4c4ccc(-c5ccc6c(c5)B5c7ccccc7Oc7nc(-n8c9ccccc9c9ccccc98)nc(c75)O6)cc43)c2)c2ccc3c(c2)c2ccccc2n3-c2cc3c4c(c2)Oc2cccc5c2B4c2c(cccc2O3)O5)cc1. The van der Waals surface area contributed by atoms with E-state index in [1.165, 1.54) is 31.5 Å². The molecule has 0 saturated heterocycles. The molecule has 5 aliphatic heterocycles. The Balaban J connectivity index is 0.674. The average molecular weight is 1310 g/mol. The van der Waals surface area contributed by atoms with Crippen molar-refractivity contribution in [3.05, 3.63) is 309 Å². The van der Waals surface area contributed by atoms with E-state index >= 15 is 0 Å². The van der Waals surface area contributed by atoms with E-state index in [4.69, 9.17) is 33.7 Å². The molecule has 0 fully saturated rings. The number of aromatic nitrogens is 5. The standard InChI is InChI=1S/C88H51B2N5O5Si/c1-3-21-56(22-4-1)101(57-23-5-2-6-24-57,59-42-44-72-65(51-59)63-29-10-13-32-69(63)94(72)55-49-80-84-81(50-55)98-79-39-19-37-77-83(79)90(84)82-76(96-77)36-18-38-78(82)97-80)58-25-17-20-54(48-58)93-68-31-12-7-28-62(68)64-43-40-53(47-73(64)93)52-41-45-75-67(46-52)89-66-30-11-16-35-74(66)99-86-85(89)87(100-75)92-88(91-86)95-70-33-14-8-26-60(70)61-27-9-15-34-71(61)95/h1-51H. The highest BCUT2D eigenvalue weighted by atomic mass is 28.3. The number of rotatable bonds is 8. The van der Waals surface area contributed by atoms with Gasteiger partial charge in [0.05, 0.1) is 44.3 Å². The summed E-state index contributed by atoms with van der Waals surface area (Å²) >= 11 is 0. The lowest BCUT2D eigenvalue weighted by Gasteiger charge is -2.37. The first-order valence-electron chi connectivity index (χ1n) is 34.3. The van der Waals surface area contributed by atoms with E-state index in [2.05, 4.69) is 287 Å². The van der Waals surface area contributed by atoms with Gasteiger partial charge in [0.1, 0.15) is 46.0 Å². The van der Waals surface area contributed by atoms with E-state index in [-0.39, 0.29) is 13.4 Å². The summed E-state index contributed by atoms with van der Waals surface area (Å²) in [5.74, 6) is 7.77. The molecule has 0 radical (unpaired) electrons. The normalized spacial score (nSPS) is 13.3. The van der Waals surface area contributed by atoms with E-state index in [9.17, 15) is 0 Å². The van der Waals surface area contributed by atoms with Crippen molar-refractivity contribution in [3.8, 4) is 86.2 Å². The number of para-hydroxylation sites is 5. The lowest BCUT2D eigenvalue weighted by Crippen LogP contribution is -2.74. The Labute approximate surface area is 579 Å². The maximum atomic E-state index is 6.97. The van der Waals surface area contributed by atoms with Gasteiger partial charge < -0.3 is 32.8 Å². The second-order valence-electron chi connectivity index (χ2n) is 27.0. The van der Waals surface area contributed by atoms with Gasteiger partial charge in [-0.05, 0) is 128 Å². The Morgan fingerprint density at radius 3 is 1.32 bits per heavy atom. The van der Waals surface area contributed by atoms with E-state index < -0.39 is 8.07 Å². The number of hydrogen-bond acceptors (Lipinski definition) is 7. The monoisotopic (exact) mass is 1310 g/mol. The third-order valence-corrected chi connectivity index (χ3v) is 26.6. The fourth-order valence-corrected chi connectivity index (χ4v) is 22.5. The summed E-state index contributed by atoms with van der Waals surface area (Å²) in [4.78, 5) is 10.5. The molecule has 0 bridgehead atoms. The van der Waals surface area contributed by atoms with Crippen molar-refractivity contribution in [2.45, 2.75) is 0 Å². The lowest BCUT2D eigenvalue weighted by atomic mass is 9.34. The minimum atomic E-state index is -3.24. The van der Waals surface area contributed by atoms with Crippen LogP contribution in [0.2, 0.25) is 0 Å². The molecule has 14 aromatic carbocycles. The van der Waals surface area contributed by atoms with Crippen molar-refractivity contribution in [1.29, 1.82) is 0 Å². The summed E-state index contributed by atoms with van der Waals surface area (Å²) in [6.45, 7) is -0.333. The van der Waals surface area contributed by atoms with Crippen LogP contribution >= 0.6 is 0 Å². The van der Waals surface area contributed by atoms with Crippen LogP contribution in [0.3, 0.4) is 0 Å². The molecule has 0 aliphatic carbocycles. The Morgan fingerprint density at radius 1 is 0.248 bits per heavy atom. The number of hydrogen-bond donors (Lipinski definition) is 0. The number of fused-ring (bicyclic) bond motifs is 13.